The molecule has 1 heterocycles. The van der Waals surface area contributed by atoms with Crippen molar-refractivity contribution in [1.82, 2.24) is 5.32 Å². The van der Waals surface area contributed by atoms with Gasteiger partial charge in [0.05, 0.1) is 6.04 Å². The molecule has 1 fully saturated rings. The Morgan fingerprint density at radius 3 is 2.76 bits per heavy atom. The van der Waals surface area contributed by atoms with E-state index in [1.807, 2.05) is 24.3 Å². The Labute approximate surface area is 126 Å². The summed E-state index contributed by atoms with van der Waals surface area (Å²) in [4.78, 5) is 13.0. The number of hydrogen-bond acceptors (Lipinski definition) is 3. The van der Waals surface area contributed by atoms with E-state index < -0.39 is 23.5 Å². The summed E-state index contributed by atoms with van der Waals surface area (Å²) in [5.74, 6) is -4.32. The summed E-state index contributed by atoms with van der Waals surface area (Å²) in [5, 5.41) is 12.2. The molecule has 2 aliphatic rings. The van der Waals surface area contributed by atoms with Crippen molar-refractivity contribution in [1.29, 1.82) is 0 Å². The molecule has 3 rings (SSSR count). The topological polar surface area (TPSA) is 49.3 Å². The lowest BCUT2D eigenvalue weighted by Crippen LogP contribution is -2.61. The maximum Gasteiger partial charge on any atom is 0.352 e. The number of hydrogen-bond donors (Lipinski definition) is 2. The van der Waals surface area contributed by atoms with Crippen LogP contribution >= 0.6 is 11.8 Å². The van der Waals surface area contributed by atoms with Gasteiger partial charge in [0.1, 0.15) is 5.60 Å². The fourth-order valence-electron chi connectivity index (χ4n) is 2.78. The second-order valence-corrected chi connectivity index (χ2v) is 6.80. The molecule has 1 aromatic rings. The van der Waals surface area contributed by atoms with Crippen molar-refractivity contribution in [2.45, 2.75) is 48.1 Å². The highest BCUT2D eigenvalue weighted by Gasteiger charge is 2.61. The number of rotatable bonds is 3. The average molecular weight is 313 g/mol. The molecule has 0 saturated heterocycles. The van der Waals surface area contributed by atoms with Crippen LogP contribution in [0.1, 0.15) is 37.3 Å². The van der Waals surface area contributed by atoms with E-state index >= 15 is 0 Å². The predicted molar refractivity (Wildman–Crippen MR) is 76.4 cm³/mol. The second-order valence-electron chi connectivity index (χ2n) is 5.66. The number of carbonyl (C=O) groups excluding carboxylic acids is 1. The van der Waals surface area contributed by atoms with Crippen LogP contribution in [0.4, 0.5) is 8.78 Å². The van der Waals surface area contributed by atoms with Crippen LogP contribution in [-0.4, -0.2) is 28.3 Å². The third-order valence-corrected chi connectivity index (χ3v) is 5.44. The molecule has 1 aromatic carbocycles. The molecular weight excluding hydrogens is 296 g/mol. The van der Waals surface area contributed by atoms with Gasteiger partial charge in [-0.2, -0.15) is 8.78 Å². The van der Waals surface area contributed by atoms with E-state index in [1.165, 1.54) is 0 Å². The zero-order valence-corrected chi connectivity index (χ0v) is 12.3. The minimum atomic E-state index is -3.73. The van der Waals surface area contributed by atoms with Gasteiger partial charge in [0.25, 0.3) is 5.91 Å². The zero-order valence-electron chi connectivity index (χ0n) is 11.4. The Morgan fingerprint density at radius 2 is 2.10 bits per heavy atom. The number of aliphatic hydroxyl groups is 1. The molecule has 1 atom stereocenters. The standard InChI is InChI=1S/C15H17F2NO2S/c16-15(17,14(20)7-3-8-14)13(19)18-11-6-9-21-12-5-2-1-4-10(11)12/h1-2,4-5,11,20H,3,6-9H2,(H,18,19). The van der Waals surface area contributed by atoms with E-state index in [0.717, 1.165) is 16.2 Å². The molecular formula is C15H17F2NO2S. The lowest BCUT2D eigenvalue weighted by atomic mass is 9.75. The first kappa shape index (κ1) is 14.8. The molecule has 114 valence electrons. The first-order valence-corrected chi connectivity index (χ1v) is 8.05. The summed E-state index contributed by atoms with van der Waals surface area (Å²) in [7, 11) is 0. The summed E-state index contributed by atoms with van der Waals surface area (Å²) < 4.78 is 28.2. The molecule has 3 nitrogen and oxygen atoms in total. The normalized spacial score (nSPS) is 23.9. The molecule has 2 N–H and O–H groups in total. The van der Waals surface area contributed by atoms with E-state index in [4.69, 9.17) is 0 Å². The van der Waals surface area contributed by atoms with Crippen LogP contribution in [0.15, 0.2) is 29.2 Å². The van der Waals surface area contributed by atoms with E-state index in [-0.39, 0.29) is 12.8 Å². The number of halogens is 2. The average Bonchev–Trinajstić information content (AvgIpc) is 2.45. The van der Waals surface area contributed by atoms with Gasteiger partial charge in [-0.15, -0.1) is 11.8 Å². The van der Waals surface area contributed by atoms with Crippen molar-refractivity contribution in [3.63, 3.8) is 0 Å². The minimum Gasteiger partial charge on any atom is -0.383 e. The van der Waals surface area contributed by atoms with Gasteiger partial charge in [-0.1, -0.05) is 18.2 Å². The van der Waals surface area contributed by atoms with Crippen molar-refractivity contribution in [3.8, 4) is 0 Å². The molecule has 1 amide bonds. The Bertz CT molecular complexity index is 560. The monoisotopic (exact) mass is 313 g/mol. The van der Waals surface area contributed by atoms with Crippen LogP contribution in [0, 0.1) is 0 Å². The SMILES string of the molecule is O=C(NC1CCSc2ccccc21)C(F)(F)C1(O)CCC1. The Hall–Kier alpha value is -1.14. The van der Waals surface area contributed by atoms with Crippen LogP contribution in [0.25, 0.3) is 0 Å². The number of benzene rings is 1. The molecule has 6 heteroatoms. The molecule has 21 heavy (non-hydrogen) atoms. The van der Waals surface area contributed by atoms with Gasteiger partial charge in [-0.3, -0.25) is 4.79 Å². The first-order chi connectivity index (χ1) is 9.94. The smallest absolute Gasteiger partial charge is 0.352 e. The summed E-state index contributed by atoms with van der Waals surface area (Å²) in [5.41, 5.74) is -1.29. The number of thioether (sulfide) groups is 1. The maximum absolute atomic E-state index is 14.1. The van der Waals surface area contributed by atoms with Gasteiger partial charge >= 0.3 is 5.92 Å². The van der Waals surface area contributed by atoms with Crippen LogP contribution in [0.3, 0.4) is 0 Å². The number of nitrogens with one attached hydrogen (secondary N) is 1. The molecule has 0 bridgehead atoms. The summed E-state index contributed by atoms with van der Waals surface area (Å²) >= 11 is 1.66. The van der Waals surface area contributed by atoms with Gasteiger partial charge in [0.15, 0.2) is 0 Å². The van der Waals surface area contributed by atoms with Gasteiger partial charge < -0.3 is 10.4 Å². The summed E-state index contributed by atoms with van der Waals surface area (Å²) in [6.45, 7) is 0. The van der Waals surface area contributed by atoms with E-state index in [1.54, 1.807) is 11.8 Å². The van der Waals surface area contributed by atoms with Crippen molar-refractivity contribution >= 4 is 17.7 Å². The van der Waals surface area contributed by atoms with Crippen molar-refractivity contribution < 1.29 is 18.7 Å². The third-order valence-electron chi connectivity index (χ3n) is 4.31. The molecule has 1 unspecified atom stereocenters. The maximum atomic E-state index is 14.1. The second kappa shape index (κ2) is 5.25. The Morgan fingerprint density at radius 1 is 1.38 bits per heavy atom. The lowest BCUT2D eigenvalue weighted by Gasteiger charge is -2.42. The van der Waals surface area contributed by atoms with Crippen LogP contribution in [0.5, 0.6) is 0 Å². The van der Waals surface area contributed by atoms with E-state index in [0.29, 0.717) is 12.8 Å². The quantitative estimate of drug-likeness (QED) is 0.902. The molecule has 0 aromatic heterocycles. The van der Waals surface area contributed by atoms with Gasteiger partial charge in [0, 0.05) is 10.6 Å². The minimum absolute atomic E-state index is 0.0233. The first-order valence-electron chi connectivity index (χ1n) is 7.07. The van der Waals surface area contributed by atoms with Crippen molar-refractivity contribution in [2.75, 3.05) is 5.75 Å². The molecule has 0 spiro atoms. The number of amides is 1. The molecule has 0 radical (unpaired) electrons. The lowest BCUT2D eigenvalue weighted by molar-refractivity contribution is -0.216. The third kappa shape index (κ3) is 2.44. The Kier molecular flexibility index (Phi) is 3.69. The largest absolute Gasteiger partial charge is 0.383 e. The van der Waals surface area contributed by atoms with Crippen molar-refractivity contribution in [3.05, 3.63) is 29.8 Å². The molecule has 1 aliphatic carbocycles. The number of fused-ring (bicyclic) bond motifs is 1. The van der Waals surface area contributed by atoms with Gasteiger partial charge in [0.2, 0.25) is 0 Å². The molecule has 1 aliphatic heterocycles. The number of alkyl halides is 2. The van der Waals surface area contributed by atoms with Gasteiger partial charge in [-0.05, 0) is 37.3 Å². The molecule has 1 saturated carbocycles. The van der Waals surface area contributed by atoms with Crippen LogP contribution in [0.2, 0.25) is 0 Å². The fourth-order valence-corrected chi connectivity index (χ4v) is 3.90. The van der Waals surface area contributed by atoms with Crippen molar-refractivity contribution in [2.24, 2.45) is 0 Å². The van der Waals surface area contributed by atoms with Crippen LogP contribution < -0.4 is 5.32 Å². The summed E-state index contributed by atoms with van der Waals surface area (Å²) in [6, 6.07) is 7.09. The highest BCUT2D eigenvalue weighted by molar-refractivity contribution is 7.99. The fraction of sp³-hybridized carbons (Fsp3) is 0.533. The Balaban J connectivity index is 1.77. The van der Waals surface area contributed by atoms with Crippen LogP contribution in [-0.2, 0) is 4.79 Å². The van der Waals surface area contributed by atoms with E-state index in [2.05, 4.69) is 5.32 Å². The predicted octanol–water partition coefficient (Wildman–Crippen LogP) is 2.89. The summed E-state index contributed by atoms with van der Waals surface area (Å²) in [6.07, 6.45) is 1.10. The highest BCUT2D eigenvalue weighted by atomic mass is 32.2. The number of carbonyl (C=O) groups is 1. The highest BCUT2D eigenvalue weighted by Crippen LogP contribution is 2.45. The van der Waals surface area contributed by atoms with Gasteiger partial charge in [-0.25, -0.2) is 0 Å². The zero-order chi connectivity index (χ0) is 15.1. The van der Waals surface area contributed by atoms with E-state index in [9.17, 15) is 18.7 Å².